The predicted molar refractivity (Wildman–Crippen MR) is 114 cm³/mol. The summed E-state index contributed by atoms with van der Waals surface area (Å²) in [6.45, 7) is 3.98. The number of nitrogens with zero attached hydrogens (tertiary/aromatic N) is 7. The topological polar surface area (TPSA) is 89.2 Å². The molecule has 5 heterocycles. The lowest BCUT2D eigenvalue weighted by Gasteiger charge is -2.27. The van der Waals surface area contributed by atoms with Gasteiger partial charge < -0.3 is 14.4 Å². The lowest BCUT2D eigenvalue weighted by Crippen LogP contribution is -2.40. The van der Waals surface area contributed by atoms with Crippen LogP contribution < -0.4 is 0 Å². The van der Waals surface area contributed by atoms with Crippen LogP contribution in [0.25, 0.3) is 0 Å². The normalized spacial score (nSPS) is 23.5. The Morgan fingerprint density at radius 1 is 1.35 bits per heavy atom. The fourth-order valence-corrected chi connectivity index (χ4v) is 5.50. The first-order valence-electron chi connectivity index (χ1n) is 10.3. The smallest absolute Gasteiger partial charge is 0.274 e. The van der Waals surface area contributed by atoms with Crippen molar-refractivity contribution < 1.29 is 9.59 Å². The zero-order valence-corrected chi connectivity index (χ0v) is 18.7. The molecule has 0 radical (unpaired) electrons. The number of rotatable bonds is 4. The zero-order chi connectivity index (χ0) is 21.8. The molecule has 0 aromatic carbocycles. The van der Waals surface area contributed by atoms with Gasteiger partial charge >= 0.3 is 0 Å². The van der Waals surface area contributed by atoms with E-state index < -0.39 is 5.41 Å². The monoisotopic (exact) mass is 439 g/mol. The van der Waals surface area contributed by atoms with Crippen molar-refractivity contribution in [2.45, 2.75) is 25.8 Å². The average molecular weight is 440 g/mol. The molecule has 5 rings (SSSR count). The number of aromatic nitrogens is 5. The minimum atomic E-state index is -0.663. The molecule has 2 amide bonds. The Balaban J connectivity index is 1.45. The molecule has 10 heteroatoms. The van der Waals surface area contributed by atoms with Gasteiger partial charge in [0.05, 0.1) is 34.7 Å². The van der Waals surface area contributed by atoms with Crippen molar-refractivity contribution in [3.8, 4) is 0 Å². The minimum absolute atomic E-state index is 0.0881. The molecular weight excluding hydrogens is 414 g/mol. The highest BCUT2D eigenvalue weighted by Gasteiger charge is 2.58. The van der Waals surface area contributed by atoms with Crippen molar-refractivity contribution in [2.24, 2.45) is 19.5 Å². The Labute approximate surface area is 184 Å². The summed E-state index contributed by atoms with van der Waals surface area (Å²) < 4.78 is 3.51. The van der Waals surface area contributed by atoms with Crippen molar-refractivity contribution >= 4 is 23.2 Å². The van der Waals surface area contributed by atoms with E-state index in [4.69, 9.17) is 0 Å². The van der Waals surface area contributed by atoms with Crippen LogP contribution >= 0.6 is 11.3 Å². The van der Waals surface area contributed by atoms with Gasteiger partial charge in [-0.3, -0.25) is 14.3 Å². The number of amides is 2. The molecule has 0 unspecified atom stereocenters. The number of thiazole rings is 1. The molecule has 0 bridgehead atoms. The van der Waals surface area contributed by atoms with Crippen LogP contribution in [0, 0.1) is 12.3 Å². The molecule has 31 heavy (non-hydrogen) atoms. The molecule has 0 saturated carbocycles. The van der Waals surface area contributed by atoms with E-state index in [0.717, 1.165) is 16.4 Å². The van der Waals surface area contributed by atoms with Crippen LogP contribution in [-0.2, 0) is 25.4 Å². The summed E-state index contributed by atoms with van der Waals surface area (Å²) in [4.78, 5) is 39.6. The van der Waals surface area contributed by atoms with Crippen molar-refractivity contribution in [3.63, 3.8) is 0 Å². The van der Waals surface area contributed by atoms with E-state index in [9.17, 15) is 9.59 Å². The first-order valence-corrected chi connectivity index (χ1v) is 11.2. The molecule has 2 saturated heterocycles. The van der Waals surface area contributed by atoms with Crippen LogP contribution in [0.3, 0.4) is 0 Å². The standard InChI is InChI=1S/C21H25N7O2S/c1-14-23-15(11-31-14)8-27-7-5-21(20(27)30)12-28(19(29)17-4-6-26(3)24-17)9-16(21)18-10-25(2)13-22-18/h4,6,10-11,13,16H,5,7-9,12H2,1-3H3/t16-,21-/m1/s1. The maximum atomic E-state index is 13.7. The summed E-state index contributed by atoms with van der Waals surface area (Å²) in [5.74, 6) is -0.194. The minimum Gasteiger partial charge on any atom is -0.340 e. The lowest BCUT2D eigenvalue weighted by molar-refractivity contribution is -0.136. The second-order valence-electron chi connectivity index (χ2n) is 8.57. The fraction of sp³-hybridized carbons (Fsp3) is 0.476. The van der Waals surface area contributed by atoms with Crippen molar-refractivity contribution in [3.05, 3.63) is 52.3 Å². The van der Waals surface area contributed by atoms with Crippen molar-refractivity contribution in [2.75, 3.05) is 19.6 Å². The van der Waals surface area contributed by atoms with Gasteiger partial charge in [0, 0.05) is 57.4 Å². The van der Waals surface area contributed by atoms with E-state index >= 15 is 0 Å². The summed E-state index contributed by atoms with van der Waals surface area (Å²) in [5.41, 5.74) is 1.52. The SMILES string of the molecule is Cc1nc(CN2CC[C@]3(CN(C(=O)c4ccn(C)n4)C[C@@H]3c3cn(C)cn3)C2=O)cs1. The molecule has 3 aromatic heterocycles. The Kier molecular flexibility index (Phi) is 4.69. The van der Waals surface area contributed by atoms with E-state index in [2.05, 4.69) is 15.1 Å². The van der Waals surface area contributed by atoms with Crippen molar-refractivity contribution in [1.29, 1.82) is 0 Å². The summed E-state index contributed by atoms with van der Waals surface area (Å²) in [6.07, 6.45) is 6.16. The summed E-state index contributed by atoms with van der Waals surface area (Å²) in [7, 11) is 3.71. The highest BCUT2D eigenvalue weighted by Crippen LogP contribution is 2.50. The molecular formula is C21H25N7O2S. The fourth-order valence-electron chi connectivity index (χ4n) is 4.90. The summed E-state index contributed by atoms with van der Waals surface area (Å²) >= 11 is 1.59. The number of aryl methyl sites for hydroxylation is 3. The Morgan fingerprint density at radius 3 is 2.84 bits per heavy atom. The molecule has 1 spiro atoms. The van der Waals surface area contributed by atoms with Crippen LogP contribution in [0.1, 0.15) is 39.2 Å². The third kappa shape index (κ3) is 3.34. The Hall–Kier alpha value is -3.01. The van der Waals surface area contributed by atoms with Crippen LogP contribution in [0.2, 0.25) is 0 Å². The van der Waals surface area contributed by atoms with Gasteiger partial charge in [0.1, 0.15) is 5.69 Å². The van der Waals surface area contributed by atoms with Crippen molar-refractivity contribution in [1.82, 2.24) is 34.1 Å². The molecule has 0 aliphatic carbocycles. The third-order valence-electron chi connectivity index (χ3n) is 6.41. The molecule has 2 aliphatic heterocycles. The Morgan fingerprint density at radius 2 is 2.19 bits per heavy atom. The van der Waals surface area contributed by atoms with Gasteiger partial charge in [-0.1, -0.05) is 0 Å². The van der Waals surface area contributed by atoms with Crippen LogP contribution in [0.4, 0.5) is 0 Å². The molecule has 0 N–H and O–H groups in total. The van der Waals surface area contributed by atoms with Gasteiger partial charge in [-0.25, -0.2) is 9.97 Å². The number of hydrogen-bond acceptors (Lipinski definition) is 6. The highest BCUT2D eigenvalue weighted by atomic mass is 32.1. The predicted octanol–water partition coefficient (Wildman–Crippen LogP) is 1.58. The molecule has 162 valence electrons. The second-order valence-corrected chi connectivity index (χ2v) is 9.63. The number of likely N-dealkylation sites (tertiary alicyclic amines) is 2. The zero-order valence-electron chi connectivity index (χ0n) is 17.9. The molecule has 2 fully saturated rings. The number of hydrogen-bond donors (Lipinski definition) is 0. The maximum absolute atomic E-state index is 13.7. The van der Waals surface area contributed by atoms with Gasteiger partial charge in [-0.05, 0) is 19.4 Å². The van der Waals surface area contributed by atoms with E-state index in [-0.39, 0.29) is 17.7 Å². The van der Waals surface area contributed by atoms with E-state index in [1.165, 1.54) is 0 Å². The van der Waals surface area contributed by atoms with Gasteiger partial charge in [0.25, 0.3) is 5.91 Å². The molecule has 2 atom stereocenters. The summed E-state index contributed by atoms with van der Waals surface area (Å²) in [6, 6.07) is 1.72. The van der Waals surface area contributed by atoms with Gasteiger partial charge in [0.15, 0.2) is 0 Å². The van der Waals surface area contributed by atoms with Gasteiger partial charge in [-0.2, -0.15) is 5.10 Å². The molecule has 3 aromatic rings. The highest BCUT2D eigenvalue weighted by molar-refractivity contribution is 7.09. The van der Waals surface area contributed by atoms with Gasteiger partial charge in [-0.15, -0.1) is 11.3 Å². The summed E-state index contributed by atoms with van der Waals surface area (Å²) in [5, 5.41) is 7.27. The van der Waals surface area contributed by atoms with Gasteiger partial charge in [0.2, 0.25) is 5.91 Å². The number of carbonyl (C=O) groups excluding carboxylic acids is 2. The molecule has 9 nitrogen and oxygen atoms in total. The lowest BCUT2D eigenvalue weighted by atomic mass is 9.75. The van der Waals surface area contributed by atoms with Crippen LogP contribution in [0.15, 0.2) is 30.2 Å². The number of imidazole rings is 1. The van der Waals surface area contributed by atoms with E-state index in [1.54, 1.807) is 46.6 Å². The number of carbonyl (C=O) groups is 2. The third-order valence-corrected chi connectivity index (χ3v) is 7.23. The molecule has 2 aliphatic rings. The van der Waals surface area contributed by atoms with Crippen LogP contribution in [-0.4, -0.2) is 65.6 Å². The quantitative estimate of drug-likeness (QED) is 0.616. The average Bonchev–Trinajstić information content (AvgIpc) is 3.54. The largest absolute Gasteiger partial charge is 0.340 e. The Bertz CT molecular complexity index is 1150. The van der Waals surface area contributed by atoms with E-state index in [0.29, 0.717) is 38.3 Å². The first-order chi connectivity index (χ1) is 14.9. The second kappa shape index (κ2) is 7.30. The first kappa shape index (κ1) is 19.9. The van der Waals surface area contributed by atoms with Crippen LogP contribution in [0.5, 0.6) is 0 Å². The maximum Gasteiger partial charge on any atom is 0.274 e. The van der Waals surface area contributed by atoms with E-state index in [1.807, 2.05) is 35.0 Å².